The zero-order valence-corrected chi connectivity index (χ0v) is 14.7. The summed E-state index contributed by atoms with van der Waals surface area (Å²) in [4.78, 5) is 16.3. The fourth-order valence-electron chi connectivity index (χ4n) is 2.16. The van der Waals surface area contributed by atoms with Gasteiger partial charge < -0.3 is 10.6 Å². The first-order chi connectivity index (χ1) is 12.1. The summed E-state index contributed by atoms with van der Waals surface area (Å²) in [6.45, 7) is 0.464. The topological polar surface area (TPSA) is 54.0 Å². The maximum absolute atomic E-state index is 13.0. The molecule has 0 unspecified atom stereocenters. The number of hydrogen-bond donors (Lipinski definition) is 2. The molecule has 2 aromatic carbocycles. The SMILES string of the molecule is O=C(NCCc1csc(-c2ccc(F)cc2)n1)Nc1ccc(Cl)cc1. The van der Waals surface area contributed by atoms with Crippen molar-refractivity contribution in [2.45, 2.75) is 6.42 Å². The van der Waals surface area contributed by atoms with Crippen molar-refractivity contribution >= 4 is 34.7 Å². The minimum absolute atomic E-state index is 0.267. The number of hydrogen-bond acceptors (Lipinski definition) is 3. The van der Waals surface area contributed by atoms with Gasteiger partial charge in [-0.25, -0.2) is 14.2 Å². The van der Waals surface area contributed by atoms with E-state index in [1.54, 1.807) is 36.4 Å². The average molecular weight is 376 g/mol. The Labute approximate surface area is 153 Å². The second-order valence-corrected chi connectivity index (χ2v) is 6.58. The Morgan fingerprint density at radius 1 is 1.12 bits per heavy atom. The Kier molecular flexibility index (Phi) is 5.63. The van der Waals surface area contributed by atoms with E-state index in [2.05, 4.69) is 15.6 Å². The van der Waals surface area contributed by atoms with Crippen molar-refractivity contribution in [2.24, 2.45) is 0 Å². The number of thiazole rings is 1. The van der Waals surface area contributed by atoms with Crippen molar-refractivity contribution in [2.75, 3.05) is 11.9 Å². The number of nitrogens with one attached hydrogen (secondary N) is 2. The number of benzene rings is 2. The molecule has 128 valence electrons. The molecule has 0 aliphatic carbocycles. The number of urea groups is 1. The molecule has 0 bridgehead atoms. The number of aromatic nitrogens is 1. The summed E-state index contributed by atoms with van der Waals surface area (Å²) in [7, 11) is 0. The number of carbonyl (C=O) groups excluding carboxylic acids is 1. The van der Waals surface area contributed by atoms with E-state index in [1.165, 1.54) is 23.5 Å². The summed E-state index contributed by atoms with van der Waals surface area (Å²) in [5, 5.41) is 8.91. The largest absolute Gasteiger partial charge is 0.337 e. The van der Waals surface area contributed by atoms with Gasteiger partial charge in [-0.05, 0) is 48.5 Å². The highest BCUT2D eigenvalue weighted by atomic mass is 35.5. The van der Waals surface area contributed by atoms with Gasteiger partial charge in [0.25, 0.3) is 0 Å². The van der Waals surface area contributed by atoms with Crippen molar-refractivity contribution < 1.29 is 9.18 Å². The summed E-state index contributed by atoms with van der Waals surface area (Å²) in [5.41, 5.74) is 2.44. The number of halogens is 2. The fourth-order valence-corrected chi connectivity index (χ4v) is 3.15. The smallest absolute Gasteiger partial charge is 0.319 e. The highest BCUT2D eigenvalue weighted by Crippen LogP contribution is 2.24. The first kappa shape index (κ1) is 17.4. The lowest BCUT2D eigenvalue weighted by molar-refractivity contribution is 0.252. The predicted molar refractivity (Wildman–Crippen MR) is 99.7 cm³/mol. The van der Waals surface area contributed by atoms with Crippen molar-refractivity contribution in [3.05, 3.63) is 70.4 Å². The molecule has 0 fully saturated rings. The average Bonchev–Trinajstić information content (AvgIpc) is 3.06. The van der Waals surface area contributed by atoms with Crippen LogP contribution in [0, 0.1) is 5.82 Å². The zero-order chi connectivity index (χ0) is 17.6. The van der Waals surface area contributed by atoms with Crippen molar-refractivity contribution in [3.8, 4) is 10.6 Å². The van der Waals surface area contributed by atoms with Gasteiger partial charge in [-0.1, -0.05) is 11.6 Å². The molecule has 0 saturated carbocycles. The Morgan fingerprint density at radius 2 is 1.84 bits per heavy atom. The van der Waals surface area contributed by atoms with E-state index < -0.39 is 0 Å². The molecule has 1 aromatic heterocycles. The molecule has 3 aromatic rings. The van der Waals surface area contributed by atoms with Gasteiger partial charge in [-0.3, -0.25) is 0 Å². The van der Waals surface area contributed by atoms with E-state index in [1.807, 2.05) is 5.38 Å². The van der Waals surface area contributed by atoms with Crippen LogP contribution in [0.3, 0.4) is 0 Å². The lowest BCUT2D eigenvalue weighted by atomic mass is 10.2. The Balaban J connectivity index is 1.48. The molecule has 1 heterocycles. The Bertz CT molecular complexity index is 850. The van der Waals surface area contributed by atoms with E-state index >= 15 is 0 Å². The first-order valence-corrected chi connectivity index (χ1v) is 8.87. The van der Waals surface area contributed by atoms with E-state index in [-0.39, 0.29) is 11.8 Å². The molecule has 3 rings (SSSR count). The van der Waals surface area contributed by atoms with Crippen LogP contribution in [0.25, 0.3) is 10.6 Å². The fraction of sp³-hybridized carbons (Fsp3) is 0.111. The molecular formula is C18H15ClFN3OS. The molecule has 25 heavy (non-hydrogen) atoms. The Hall–Kier alpha value is -2.44. The maximum Gasteiger partial charge on any atom is 0.319 e. The van der Waals surface area contributed by atoms with Crippen LogP contribution in [-0.4, -0.2) is 17.6 Å². The van der Waals surface area contributed by atoms with Crippen LogP contribution >= 0.6 is 22.9 Å². The zero-order valence-electron chi connectivity index (χ0n) is 13.1. The molecule has 4 nitrogen and oxygen atoms in total. The van der Waals surface area contributed by atoms with Gasteiger partial charge in [0.2, 0.25) is 0 Å². The van der Waals surface area contributed by atoms with Gasteiger partial charge in [0.15, 0.2) is 0 Å². The van der Waals surface area contributed by atoms with Gasteiger partial charge in [0.1, 0.15) is 10.8 Å². The van der Waals surface area contributed by atoms with Crippen molar-refractivity contribution in [1.29, 1.82) is 0 Å². The number of amides is 2. The number of carbonyl (C=O) groups is 1. The van der Waals surface area contributed by atoms with Crippen LogP contribution < -0.4 is 10.6 Å². The number of nitrogens with zero attached hydrogens (tertiary/aromatic N) is 1. The third kappa shape index (κ3) is 5.01. The van der Waals surface area contributed by atoms with Crippen molar-refractivity contribution in [3.63, 3.8) is 0 Å². The lowest BCUT2D eigenvalue weighted by Gasteiger charge is -2.06. The molecule has 2 amide bonds. The second-order valence-electron chi connectivity index (χ2n) is 5.29. The normalized spacial score (nSPS) is 10.5. The van der Waals surface area contributed by atoms with Crippen LogP contribution in [0.1, 0.15) is 5.69 Å². The maximum atomic E-state index is 13.0. The Morgan fingerprint density at radius 3 is 2.56 bits per heavy atom. The van der Waals surface area contributed by atoms with E-state index in [0.717, 1.165) is 16.3 Å². The van der Waals surface area contributed by atoms with E-state index in [4.69, 9.17) is 11.6 Å². The molecule has 2 N–H and O–H groups in total. The van der Waals surface area contributed by atoms with Crippen LogP contribution in [0.15, 0.2) is 53.9 Å². The second kappa shape index (κ2) is 8.09. The molecule has 7 heteroatoms. The third-order valence-corrected chi connectivity index (χ3v) is 4.60. The van der Waals surface area contributed by atoms with E-state index in [0.29, 0.717) is 23.7 Å². The van der Waals surface area contributed by atoms with Gasteiger partial charge in [0.05, 0.1) is 5.69 Å². The van der Waals surface area contributed by atoms with Gasteiger partial charge >= 0.3 is 6.03 Å². The monoisotopic (exact) mass is 375 g/mol. The van der Waals surface area contributed by atoms with Crippen molar-refractivity contribution in [1.82, 2.24) is 10.3 Å². The lowest BCUT2D eigenvalue weighted by Crippen LogP contribution is -2.30. The summed E-state index contributed by atoms with van der Waals surface area (Å²) in [6.07, 6.45) is 0.617. The molecule has 0 spiro atoms. The minimum atomic E-state index is -0.281. The van der Waals surface area contributed by atoms with E-state index in [9.17, 15) is 9.18 Å². The summed E-state index contributed by atoms with van der Waals surface area (Å²) in [5.74, 6) is -0.267. The van der Waals surface area contributed by atoms with Crippen LogP contribution in [0.2, 0.25) is 5.02 Å². The standard InChI is InChI=1S/C18H15ClFN3OS/c19-13-3-7-15(8-4-13)23-18(24)21-10-9-16-11-25-17(22-16)12-1-5-14(20)6-2-12/h1-8,11H,9-10H2,(H2,21,23,24). The molecule has 0 radical (unpaired) electrons. The predicted octanol–water partition coefficient (Wildman–Crippen LogP) is 4.97. The van der Waals surface area contributed by atoms with Crippen LogP contribution in [0.4, 0.5) is 14.9 Å². The van der Waals surface area contributed by atoms with Crippen LogP contribution in [-0.2, 0) is 6.42 Å². The molecule has 0 saturated heterocycles. The summed E-state index contributed by atoms with van der Waals surface area (Å²) >= 11 is 7.30. The molecule has 0 aliphatic heterocycles. The molecular weight excluding hydrogens is 361 g/mol. The van der Waals surface area contributed by atoms with Crippen LogP contribution in [0.5, 0.6) is 0 Å². The number of rotatable bonds is 5. The summed E-state index contributed by atoms with van der Waals surface area (Å²) in [6, 6.07) is 12.8. The quantitative estimate of drug-likeness (QED) is 0.661. The van der Waals surface area contributed by atoms with Gasteiger partial charge in [0, 0.05) is 34.6 Å². The highest BCUT2D eigenvalue weighted by molar-refractivity contribution is 7.13. The number of anilines is 1. The third-order valence-electron chi connectivity index (χ3n) is 3.41. The molecule has 0 aliphatic rings. The highest BCUT2D eigenvalue weighted by Gasteiger charge is 2.06. The molecule has 0 atom stereocenters. The van der Waals surface area contributed by atoms with Gasteiger partial charge in [-0.2, -0.15) is 0 Å². The van der Waals surface area contributed by atoms with Gasteiger partial charge in [-0.15, -0.1) is 11.3 Å². The summed E-state index contributed by atoms with van der Waals surface area (Å²) < 4.78 is 13.0. The minimum Gasteiger partial charge on any atom is -0.337 e. The first-order valence-electron chi connectivity index (χ1n) is 7.61.